The van der Waals surface area contributed by atoms with Crippen LogP contribution in [0.2, 0.25) is 0 Å². The highest BCUT2D eigenvalue weighted by molar-refractivity contribution is 5.80. The van der Waals surface area contributed by atoms with Crippen molar-refractivity contribution in [2.45, 2.75) is 57.8 Å². The van der Waals surface area contributed by atoms with Crippen molar-refractivity contribution in [1.82, 2.24) is 5.32 Å². The lowest BCUT2D eigenvalue weighted by molar-refractivity contribution is -0.144. The Kier molecular flexibility index (Phi) is 9.46. The fourth-order valence-corrected chi connectivity index (χ4v) is 4.52. The van der Waals surface area contributed by atoms with Crippen molar-refractivity contribution >= 4 is 11.9 Å². The van der Waals surface area contributed by atoms with Gasteiger partial charge in [-0.05, 0) is 55.7 Å². The van der Waals surface area contributed by atoms with E-state index in [1.54, 1.807) is 6.92 Å². The quantitative estimate of drug-likeness (QED) is 0.418. The Hall–Kier alpha value is -2.70. The van der Waals surface area contributed by atoms with Crippen LogP contribution < -0.4 is 5.32 Å². The molecule has 0 saturated heterocycles. The minimum Gasteiger partial charge on any atom is -0.466 e. The second-order valence-electron chi connectivity index (χ2n) is 8.72. The average molecular weight is 454 g/mol. The summed E-state index contributed by atoms with van der Waals surface area (Å²) in [7, 11) is 1.50. The summed E-state index contributed by atoms with van der Waals surface area (Å²) in [6, 6.07) is 18.0. The van der Waals surface area contributed by atoms with E-state index >= 15 is 0 Å². The molecule has 178 valence electrons. The normalized spacial score (nSPS) is 20.0. The number of nitrogens with one attached hydrogen (secondary N) is 1. The number of hydrogen-bond donors (Lipinski definition) is 2. The largest absolute Gasteiger partial charge is 0.466 e. The molecule has 0 heterocycles. The van der Waals surface area contributed by atoms with Gasteiger partial charge in [-0.15, -0.1) is 0 Å². The molecule has 1 unspecified atom stereocenters. The summed E-state index contributed by atoms with van der Waals surface area (Å²) in [6.45, 7) is 2.10. The third-order valence-electron chi connectivity index (χ3n) is 6.40. The number of methoxy groups -OCH3 is 1. The number of carbonyl (C=O) groups excluding carboxylic acids is 2. The smallest absolute Gasteiger partial charge is 0.307 e. The molecule has 2 N–H and O–H groups in total. The zero-order valence-electron chi connectivity index (χ0n) is 19.5. The van der Waals surface area contributed by atoms with Gasteiger partial charge in [0.15, 0.2) is 6.29 Å². The standard InChI is InChI=1S/C27H35NO5/c1-3-33-25(29)18-24(28-26(30)22-13-15-23(16-14-22)27(31)32-2)17-19-9-11-21(12-10-19)20-7-5-4-6-8-20/h4-12,22-24,27,31H,3,13-18H2,1-2H3,(H,28,30)/t22-,23-,24-,27?/m1/s1. The van der Waals surface area contributed by atoms with Crippen LogP contribution in [0, 0.1) is 11.8 Å². The number of aliphatic hydroxyl groups excluding tert-OH is 1. The van der Waals surface area contributed by atoms with Gasteiger partial charge in [-0.1, -0.05) is 54.6 Å². The molecule has 1 saturated carbocycles. The van der Waals surface area contributed by atoms with Gasteiger partial charge in [0, 0.05) is 25.0 Å². The topological polar surface area (TPSA) is 84.9 Å². The van der Waals surface area contributed by atoms with E-state index in [2.05, 4.69) is 29.6 Å². The maximum absolute atomic E-state index is 13.0. The Balaban J connectivity index is 1.62. The van der Waals surface area contributed by atoms with Gasteiger partial charge in [-0.2, -0.15) is 0 Å². The molecule has 0 bridgehead atoms. The van der Waals surface area contributed by atoms with Gasteiger partial charge in [0.05, 0.1) is 13.0 Å². The van der Waals surface area contributed by atoms with E-state index in [4.69, 9.17) is 9.47 Å². The lowest BCUT2D eigenvalue weighted by atomic mass is 9.81. The first-order valence-corrected chi connectivity index (χ1v) is 11.8. The number of aliphatic hydroxyl groups is 1. The Labute approximate surface area is 196 Å². The van der Waals surface area contributed by atoms with Gasteiger partial charge < -0.3 is 19.9 Å². The Bertz CT molecular complexity index is 875. The second kappa shape index (κ2) is 12.5. The van der Waals surface area contributed by atoms with Crippen LogP contribution in [-0.4, -0.2) is 43.0 Å². The Morgan fingerprint density at radius 3 is 2.24 bits per heavy atom. The lowest BCUT2D eigenvalue weighted by Crippen LogP contribution is -2.43. The minimum atomic E-state index is -0.774. The van der Waals surface area contributed by atoms with Crippen molar-refractivity contribution in [3.05, 3.63) is 60.2 Å². The Morgan fingerprint density at radius 1 is 1.00 bits per heavy atom. The van der Waals surface area contributed by atoms with Gasteiger partial charge in [0.1, 0.15) is 0 Å². The summed E-state index contributed by atoms with van der Waals surface area (Å²) in [6.07, 6.45) is 2.82. The number of carbonyl (C=O) groups is 2. The number of hydrogen-bond acceptors (Lipinski definition) is 5. The number of benzene rings is 2. The SMILES string of the molecule is CCOC(=O)C[C@@H](Cc1ccc(-c2ccccc2)cc1)NC(=O)[C@H]1CC[C@H](C(O)OC)CC1. The molecule has 2 aromatic carbocycles. The summed E-state index contributed by atoms with van der Waals surface area (Å²) in [5, 5.41) is 13.0. The molecule has 1 aliphatic carbocycles. The van der Waals surface area contributed by atoms with Crippen LogP contribution in [0.4, 0.5) is 0 Å². The second-order valence-corrected chi connectivity index (χ2v) is 8.72. The molecule has 6 heteroatoms. The molecular formula is C27H35NO5. The van der Waals surface area contributed by atoms with E-state index in [0.29, 0.717) is 25.9 Å². The van der Waals surface area contributed by atoms with E-state index in [9.17, 15) is 14.7 Å². The third kappa shape index (κ3) is 7.41. The molecule has 2 aromatic rings. The van der Waals surface area contributed by atoms with Crippen molar-refractivity contribution in [2.24, 2.45) is 11.8 Å². The molecule has 3 rings (SSSR count). The van der Waals surface area contributed by atoms with Crippen LogP contribution in [0.15, 0.2) is 54.6 Å². The van der Waals surface area contributed by atoms with E-state index in [0.717, 1.165) is 29.5 Å². The monoisotopic (exact) mass is 453 g/mol. The highest BCUT2D eigenvalue weighted by Gasteiger charge is 2.31. The first-order valence-electron chi connectivity index (χ1n) is 11.8. The maximum atomic E-state index is 13.0. The maximum Gasteiger partial charge on any atom is 0.307 e. The fraction of sp³-hybridized carbons (Fsp3) is 0.481. The van der Waals surface area contributed by atoms with E-state index in [1.807, 2.05) is 30.3 Å². The molecule has 0 radical (unpaired) electrons. The number of amides is 1. The van der Waals surface area contributed by atoms with Crippen LogP contribution in [-0.2, 0) is 25.5 Å². The summed E-state index contributed by atoms with van der Waals surface area (Å²) in [5.74, 6) is -0.390. The fourth-order valence-electron chi connectivity index (χ4n) is 4.52. The zero-order valence-corrected chi connectivity index (χ0v) is 19.5. The van der Waals surface area contributed by atoms with E-state index in [1.165, 1.54) is 7.11 Å². The van der Waals surface area contributed by atoms with Crippen molar-refractivity contribution < 1.29 is 24.2 Å². The molecular weight excluding hydrogens is 418 g/mol. The Morgan fingerprint density at radius 2 is 1.64 bits per heavy atom. The van der Waals surface area contributed by atoms with Crippen LogP contribution >= 0.6 is 0 Å². The minimum absolute atomic E-state index is 0.0319. The first kappa shape index (κ1) is 24.9. The predicted octanol–water partition coefficient (Wildman–Crippen LogP) is 4.11. The van der Waals surface area contributed by atoms with Crippen LogP contribution in [0.25, 0.3) is 11.1 Å². The van der Waals surface area contributed by atoms with Gasteiger partial charge in [-0.25, -0.2) is 0 Å². The van der Waals surface area contributed by atoms with Gasteiger partial charge in [0.25, 0.3) is 0 Å². The molecule has 1 amide bonds. The summed E-state index contributed by atoms with van der Waals surface area (Å²) >= 11 is 0. The van der Waals surface area contributed by atoms with Gasteiger partial charge in [-0.3, -0.25) is 9.59 Å². The number of esters is 1. The molecule has 33 heavy (non-hydrogen) atoms. The lowest BCUT2D eigenvalue weighted by Gasteiger charge is -2.31. The highest BCUT2D eigenvalue weighted by atomic mass is 16.6. The molecule has 0 aromatic heterocycles. The van der Waals surface area contributed by atoms with Crippen LogP contribution in [0.3, 0.4) is 0 Å². The van der Waals surface area contributed by atoms with Crippen molar-refractivity contribution in [3.63, 3.8) is 0 Å². The average Bonchev–Trinajstić information content (AvgIpc) is 2.84. The summed E-state index contributed by atoms with van der Waals surface area (Å²) < 4.78 is 10.2. The van der Waals surface area contributed by atoms with Gasteiger partial charge >= 0.3 is 5.97 Å². The first-order chi connectivity index (χ1) is 16.0. The van der Waals surface area contributed by atoms with Crippen molar-refractivity contribution in [3.8, 4) is 11.1 Å². The van der Waals surface area contributed by atoms with Gasteiger partial charge in [0.2, 0.25) is 5.91 Å². The molecule has 1 aliphatic rings. The van der Waals surface area contributed by atoms with E-state index in [-0.39, 0.29) is 36.2 Å². The third-order valence-corrected chi connectivity index (χ3v) is 6.40. The number of rotatable bonds is 10. The summed E-state index contributed by atoms with van der Waals surface area (Å²) in [5.41, 5.74) is 3.33. The molecule has 0 aliphatic heterocycles. The highest BCUT2D eigenvalue weighted by Crippen LogP contribution is 2.31. The molecule has 1 fully saturated rings. The molecule has 2 atom stereocenters. The zero-order chi connectivity index (χ0) is 23.6. The van der Waals surface area contributed by atoms with E-state index < -0.39 is 6.29 Å². The van der Waals surface area contributed by atoms with Crippen LogP contribution in [0.5, 0.6) is 0 Å². The predicted molar refractivity (Wildman–Crippen MR) is 127 cm³/mol. The summed E-state index contributed by atoms with van der Waals surface area (Å²) in [4.78, 5) is 25.1. The van der Waals surface area contributed by atoms with Crippen molar-refractivity contribution in [2.75, 3.05) is 13.7 Å². The molecule has 0 spiro atoms. The van der Waals surface area contributed by atoms with Crippen LogP contribution in [0.1, 0.15) is 44.6 Å². The molecule has 6 nitrogen and oxygen atoms in total. The van der Waals surface area contributed by atoms with Crippen molar-refractivity contribution in [1.29, 1.82) is 0 Å². The number of ether oxygens (including phenoxy) is 2.